The molecule has 0 aliphatic heterocycles. The standard InChI is InChI=1S/C15H13BrN2O2S/c16-11-4-1-3-10(7-11)13-8-18-12(5-2-6-14(19)20)9-21-15(18)17-13/h1,3-4,7-9H,2,5-6H2,(H,19,20). The van der Waals surface area contributed by atoms with Gasteiger partial charge in [0.1, 0.15) is 0 Å². The molecule has 0 atom stereocenters. The SMILES string of the molecule is O=C(O)CCCc1csc2nc(-c3cccc(Br)c3)cn12. The Labute approximate surface area is 134 Å². The van der Waals surface area contributed by atoms with Gasteiger partial charge in [-0.2, -0.15) is 0 Å². The highest BCUT2D eigenvalue weighted by Crippen LogP contribution is 2.26. The lowest BCUT2D eigenvalue weighted by molar-refractivity contribution is -0.137. The Morgan fingerprint density at radius 1 is 1.43 bits per heavy atom. The summed E-state index contributed by atoms with van der Waals surface area (Å²) < 4.78 is 3.08. The van der Waals surface area contributed by atoms with Crippen molar-refractivity contribution in [2.24, 2.45) is 0 Å². The number of nitrogens with zero attached hydrogens (tertiary/aromatic N) is 2. The lowest BCUT2D eigenvalue weighted by Crippen LogP contribution is -1.97. The maximum absolute atomic E-state index is 10.6. The van der Waals surface area contributed by atoms with Crippen LogP contribution in [0.15, 0.2) is 40.3 Å². The van der Waals surface area contributed by atoms with E-state index in [2.05, 4.69) is 30.7 Å². The van der Waals surface area contributed by atoms with Crippen LogP contribution < -0.4 is 0 Å². The van der Waals surface area contributed by atoms with Crippen LogP contribution in [0.4, 0.5) is 0 Å². The maximum atomic E-state index is 10.6. The number of halogens is 1. The molecule has 2 heterocycles. The van der Waals surface area contributed by atoms with Gasteiger partial charge in [0.05, 0.1) is 5.69 Å². The van der Waals surface area contributed by atoms with Gasteiger partial charge in [0.25, 0.3) is 0 Å². The van der Waals surface area contributed by atoms with Gasteiger partial charge in [-0.3, -0.25) is 9.20 Å². The molecule has 6 heteroatoms. The van der Waals surface area contributed by atoms with Crippen LogP contribution >= 0.6 is 27.3 Å². The molecule has 0 saturated heterocycles. The fourth-order valence-corrected chi connectivity index (χ4v) is 3.52. The largest absolute Gasteiger partial charge is 0.481 e. The van der Waals surface area contributed by atoms with Crippen molar-refractivity contribution in [3.05, 3.63) is 46.0 Å². The molecule has 21 heavy (non-hydrogen) atoms. The van der Waals surface area contributed by atoms with Crippen molar-refractivity contribution in [1.82, 2.24) is 9.38 Å². The Balaban J connectivity index is 1.87. The highest BCUT2D eigenvalue weighted by atomic mass is 79.9. The number of carboxylic acid groups (broad SMARTS) is 1. The van der Waals surface area contributed by atoms with Gasteiger partial charge in [0.2, 0.25) is 0 Å². The van der Waals surface area contributed by atoms with Gasteiger partial charge in [-0.1, -0.05) is 28.1 Å². The van der Waals surface area contributed by atoms with E-state index in [1.54, 1.807) is 11.3 Å². The van der Waals surface area contributed by atoms with Gasteiger partial charge in [0, 0.05) is 33.7 Å². The number of hydrogen-bond acceptors (Lipinski definition) is 3. The molecule has 0 fully saturated rings. The number of benzene rings is 1. The summed E-state index contributed by atoms with van der Waals surface area (Å²) in [4.78, 5) is 16.2. The topological polar surface area (TPSA) is 54.6 Å². The molecule has 0 unspecified atom stereocenters. The van der Waals surface area contributed by atoms with Crippen molar-refractivity contribution >= 4 is 38.2 Å². The van der Waals surface area contributed by atoms with Gasteiger partial charge in [-0.05, 0) is 25.0 Å². The van der Waals surface area contributed by atoms with Gasteiger partial charge in [-0.15, -0.1) is 11.3 Å². The van der Waals surface area contributed by atoms with Crippen LogP contribution in [0.5, 0.6) is 0 Å². The lowest BCUT2D eigenvalue weighted by atomic mass is 10.2. The zero-order valence-electron chi connectivity index (χ0n) is 11.1. The fraction of sp³-hybridized carbons (Fsp3) is 0.200. The monoisotopic (exact) mass is 364 g/mol. The second-order valence-electron chi connectivity index (χ2n) is 4.76. The average molecular weight is 365 g/mol. The molecule has 3 aromatic rings. The minimum atomic E-state index is -0.748. The number of aliphatic carboxylic acids is 1. The molecule has 1 aromatic carbocycles. The van der Waals surface area contributed by atoms with Crippen LogP contribution in [0.25, 0.3) is 16.2 Å². The van der Waals surface area contributed by atoms with Gasteiger partial charge in [0.15, 0.2) is 4.96 Å². The molecule has 0 radical (unpaired) electrons. The van der Waals surface area contributed by atoms with Gasteiger partial charge >= 0.3 is 5.97 Å². The van der Waals surface area contributed by atoms with Crippen molar-refractivity contribution in [2.75, 3.05) is 0 Å². The summed E-state index contributed by atoms with van der Waals surface area (Å²) in [5, 5.41) is 10.8. The highest BCUT2D eigenvalue weighted by molar-refractivity contribution is 9.10. The van der Waals surface area contributed by atoms with Gasteiger partial charge in [-0.25, -0.2) is 4.98 Å². The second kappa shape index (κ2) is 5.99. The third-order valence-electron chi connectivity index (χ3n) is 3.23. The van der Waals surface area contributed by atoms with Crippen LogP contribution in [0.1, 0.15) is 18.5 Å². The Morgan fingerprint density at radius 3 is 3.05 bits per heavy atom. The van der Waals surface area contributed by atoms with Crippen molar-refractivity contribution in [2.45, 2.75) is 19.3 Å². The van der Waals surface area contributed by atoms with E-state index in [9.17, 15) is 4.79 Å². The Kier molecular flexibility index (Phi) is 4.07. The zero-order chi connectivity index (χ0) is 14.8. The average Bonchev–Trinajstić information content (AvgIpc) is 3.00. The maximum Gasteiger partial charge on any atom is 0.303 e. The van der Waals surface area contributed by atoms with Crippen LogP contribution in [0, 0.1) is 0 Å². The van der Waals surface area contributed by atoms with E-state index >= 15 is 0 Å². The third-order valence-corrected chi connectivity index (χ3v) is 4.61. The number of imidazole rings is 1. The predicted molar refractivity (Wildman–Crippen MR) is 86.8 cm³/mol. The summed E-state index contributed by atoms with van der Waals surface area (Å²) in [6, 6.07) is 8.04. The number of aromatic nitrogens is 2. The minimum Gasteiger partial charge on any atom is -0.481 e. The number of rotatable bonds is 5. The summed E-state index contributed by atoms with van der Waals surface area (Å²) in [7, 11) is 0. The summed E-state index contributed by atoms with van der Waals surface area (Å²) in [6.07, 6.45) is 3.61. The molecule has 0 amide bonds. The van der Waals surface area contributed by atoms with Crippen LogP contribution in [-0.4, -0.2) is 20.5 Å². The normalized spacial score (nSPS) is 11.1. The van der Waals surface area contributed by atoms with E-state index in [1.807, 2.05) is 30.5 Å². The first-order chi connectivity index (χ1) is 10.1. The number of hydrogen-bond donors (Lipinski definition) is 1. The van der Waals surface area contributed by atoms with E-state index < -0.39 is 5.97 Å². The smallest absolute Gasteiger partial charge is 0.303 e. The molecular weight excluding hydrogens is 352 g/mol. The van der Waals surface area contributed by atoms with E-state index in [0.29, 0.717) is 6.42 Å². The van der Waals surface area contributed by atoms with E-state index in [1.165, 1.54) is 0 Å². The number of carboxylic acids is 1. The van der Waals surface area contributed by atoms with Crippen LogP contribution in [0.3, 0.4) is 0 Å². The zero-order valence-corrected chi connectivity index (χ0v) is 13.5. The molecule has 0 saturated carbocycles. The molecule has 0 aliphatic carbocycles. The summed E-state index contributed by atoms with van der Waals surface area (Å²) in [6.45, 7) is 0. The fourth-order valence-electron chi connectivity index (χ4n) is 2.22. The first-order valence-electron chi connectivity index (χ1n) is 6.56. The quantitative estimate of drug-likeness (QED) is 0.736. The van der Waals surface area contributed by atoms with E-state index in [-0.39, 0.29) is 6.42 Å². The van der Waals surface area contributed by atoms with Crippen molar-refractivity contribution in [3.63, 3.8) is 0 Å². The molecule has 2 aromatic heterocycles. The minimum absolute atomic E-state index is 0.199. The number of thiazole rings is 1. The first kappa shape index (κ1) is 14.3. The summed E-state index contributed by atoms with van der Waals surface area (Å²) in [5.74, 6) is -0.748. The van der Waals surface area contributed by atoms with E-state index in [0.717, 1.165) is 32.8 Å². The Morgan fingerprint density at radius 2 is 2.29 bits per heavy atom. The molecule has 0 spiro atoms. The molecule has 1 N–H and O–H groups in total. The predicted octanol–water partition coefficient (Wildman–Crippen LogP) is 4.23. The van der Waals surface area contributed by atoms with Crippen LogP contribution in [-0.2, 0) is 11.2 Å². The molecule has 108 valence electrons. The van der Waals surface area contributed by atoms with Crippen molar-refractivity contribution < 1.29 is 9.90 Å². The van der Waals surface area contributed by atoms with Gasteiger partial charge < -0.3 is 5.11 Å². The highest BCUT2D eigenvalue weighted by Gasteiger charge is 2.10. The molecule has 4 nitrogen and oxygen atoms in total. The number of aryl methyl sites for hydroxylation is 1. The molecule has 0 bridgehead atoms. The Bertz CT molecular complexity index is 794. The van der Waals surface area contributed by atoms with Crippen LogP contribution in [0.2, 0.25) is 0 Å². The number of carbonyl (C=O) groups is 1. The molecular formula is C15H13BrN2O2S. The van der Waals surface area contributed by atoms with Crippen molar-refractivity contribution in [3.8, 4) is 11.3 Å². The third kappa shape index (κ3) is 3.16. The van der Waals surface area contributed by atoms with Crippen molar-refractivity contribution in [1.29, 1.82) is 0 Å². The Hall–Kier alpha value is -1.66. The summed E-state index contributed by atoms with van der Waals surface area (Å²) >= 11 is 5.05. The summed E-state index contributed by atoms with van der Waals surface area (Å²) in [5.41, 5.74) is 3.12. The first-order valence-corrected chi connectivity index (χ1v) is 8.24. The second-order valence-corrected chi connectivity index (χ2v) is 6.52. The number of fused-ring (bicyclic) bond motifs is 1. The lowest BCUT2D eigenvalue weighted by Gasteiger charge is -1.98. The van der Waals surface area contributed by atoms with E-state index in [4.69, 9.17) is 5.11 Å². The molecule has 3 rings (SSSR count). The molecule has 0 aliphatic rings.